The molecule has 0 saturated heterocycles. The number of hydrogen-bond donors (Lipinski definition) is 1. The normalized spacial score (nSPS) is 15.3. The second kappa shape index (κ2) is 5.34. The molecular formula is C12H16N2OS. The van der Waals surface area contributed by atoms with Crippen LogP contribution >= 0.6 is 11.8 Å². The molecule has 0 saturated carbocycles. The highest BCUT2D eigenvalue weighted by atomic mass is 32.2. The van der Waals surface area contributed by atoms with Crippen molar-refractivity contribution < 1.29 is 0 Å². The maximum atomic E-state index is 11.8. The van der Waals surface area contributed by atoms with Gasteiger partial charge in [-0.25, -0.2) is 4.98 Å². The molecule has 1 aliphatic carbocycles. The van der Waals surface area contributed by atoms with Crippen molar-refractivity contribution in [2.45, 2.75) is 37.8 Å². The van der Waals surface area contributed by atoms with E-state index in [0.717, 1.165) is 47.8 Å². The summed E-state index contributed by atoms with van der Waals surface area (Å²) in [4.78, 5) is 19.2. The fourth-order valence-electron chi connectivity index (χ4n) is 1.87. The third-order valence-corrected chi connectivity index (χ3v) is 3.55. The minimum Gasteiger partial charge on any atom is -0.301 e. The largest absolute Gasteiger partial charge is 0.301 e. The monoisotopic (exact) mass is 236 g/mol. The maximum Gasteiger partial charge on any atom is 0.254 e. The number of thioether (sulfide) groups is 1. The van der Waals surface area contributed by atoms with Crippen LogP contribution in [-0.4, -0.2) is 15.7 Å². The topological polar surface area (TPSA) is 45.8 Å². The van der Waals surface area contributed by atoms with Crippen LogP contribution in [0.25, 0.3) is 0 Å². The first kappa shape index (κ1) is 11.5. The van der Waals surface area contributed by atoms with E-state index in [-0.39, 0.29) is 5.56 Å². The Kier molecular flexibility index (Phi) is 3.83. The lowest BCUT2D eigenvalue weighted by Crippen LogP contribution is -2.21. The standard InChI is InChI=1S/C12H16N2OS/c1-2-3-8-16-12-13-10-7-5-4-6-9(10)11(15)14-12/h2-3H,4-8H2,1H3,(H,13,14,15)/b3-2+. The van der Waals surface area contributed by atoms with Crippen LogP contribution in [0.4, 0.5) is 0 Å². The SMILES string of the molecule is C/C=C/CSc1nc2c(c(=O)[nH]1)CCCC2. The Bertz CT molecular complexity index is 451. The fourth-order valence-corrected chi connectivity index (χ4v) is 2.66. The number of nitrogens with zero attached hydrogens (tertiary/aromatic N) is 1. The van der Waals surface area contributed by atoms with Gasteiger partial charge in [0.15, 0.2) is 5.16 Å². The lowest BCUT2D eigenvalue weighted by Gasteiger charge is -2.13. The molecule has 1 aromatic heterocycles. The van der Waals surface area contributed by atoms with Crippen LogP contribution in [0.5, 0.6) is 0 Å². The zero-order valence-electron chi connectivity index (χ0n) is 9.45. The molecule has 1 N–H and O–H groups in total. The molecule has 0 aromatic carbocycles. The van der Waals surface area contributed by atoms with Crippen molar-refractivity contribution in [3.63, 3.8) is 0 Å². The van der Waals surface area contributed by atoms with Gasteiger partial charge in [-0.15, -0.1) is 0 Å². The Morgan fingerprint density at radius 2 is 2.25 bits per heavy atom. The van der Waals surface area contributed by atoms with Crippen LogP contribution in [-0.2, 0) is 12.8 Å². The van der Waals surface area contributed by atoms with Gasteiger partial charge in [0.05, 0.1) is 5.69 Å². The van der Waals surface area contributed by atoms with Crippen molar-refractivity contribution in [2.24, 2.45) is 0 Å². The highest BCUT2D eigenvalue weighted by molar-refractivity contribution is 7.99. The molecule has 3 nitrogen and oxygen atoms in total. The first-order valence-electron chi connectivity index (χ1n) is 5.67. The number of aryl methyl sites for hydroxylation is 1. The Morgan fingerprint density at radius 1 is 1.44 bits per heavy atom. The van der Waals surface area contributed by atoms with E-state index in [1.165, 1.54) is 0 Å². The van der Waals surface area contributed by atoms with Gasteiger partial charge in [0.25, 0.3) is 5.56 Å². The van der Waals surface area contributed by atoms with Crippen LogP contribution in [0.3, 0.4) is 0 Å². The highest BCUT2D eigenvalue weighted by Crippen LogP contribution is 2.19. The van der Waals surface area contributed by atoms with Gasteiger partial charge in [-0.05, 0) is 32.6 Å². The van der Waals surface area contributed by atoms with E-state index in [4.69, 9.17) is 0 Å². The predicted molar refractivity (Wildman–Crippen MR) is 67.0 cm³/mol. The van der Waals surface area contributed by atoms with E-state index in [9.17, 15) is 4.79 Å². The highest BCUT2D eigenvalue weighted by Gasteiger charge is 2.15. The first-order valence-corrected chi connectivity index (χ1v) is 6.66. The Labute approximate surface area is 99.4 Å². The summed E-state index contributed by atoms with van der Waals surface area (Å²) in [5.74, 6) is 0.859. The molecule has 4 heteroatoms. The van der Waals surface area contributed by atoms with Crippen molar-refractivity contribution >= 4 is 11.8 Å². The summed E-state index contributed by atoms with van der Waals surface area (Å²) in [6, 6.07) is 0. The van der Waals surface area contributed by atoms with Gasteiger partial charge in [0, 0.05) is 11.3 Å². The Balaban J connectivity index is 2.21. The van der Waals surface area contributed by atoms with Crippen molar-refractivity contribution in [1.29, 1.82) is 0 Å². The molecule has 0 radical (unpaired) electrons. The van der Waals surface area contributed by atoms with E-state index in [1.54, 1.807) is 11.8 Å². The lowest BCUT2D eigenvalue weighted by molar-refractivity contribution is 0.641. The number of hydrogen-bond acceptors (Lipinski definition) is 3. The number of rotatable bonds is 3. The van der Waals surface area contributed by atoms with Crippen LogP contribution < -0.4 is 5.56 Å². The first-order chi connectivity index (χ1) is 7.81. The van der Waals surface area contributed by atoms with Crippen LogP contribution in [0.15, 0.2) is 22.1 Å². The molecule has 2 rings (SSSR count). The number of aromatic nitrogens is 2. The molecule has 0 aliphatic heterocycles. The van der Waals surface area contributed by atoms with E-state index >= 15 is 0 Å². The van der Waals surface area contributed by atoms with Crippen molar-refractivity contribution in [2.75, 3.05) is 5.75 Å². The average Bonchev–Trinajstić information content (AvgIpc) is 2.30. The summed E-state index contributed by atoms with van der Waals surface area (Å²) in [5.41, 5.74) is 1.98. The van der Waals surface area contributed by atoms with Crippen LogP contribution in [0.2, 0.25) is 0 Å². The third-order valence-electron chi connectivity index (χ3n) is 2.72. The second-order valence-electron chi connectivity index (χ2n) is 3.88. The van der Waals surface area contributed by atoms with Gasteiger partial charge in [-0.2, -0.15) is 0 Å². The van der Waals surface area contributed by atoms with Crippen molar-refractivity contribution in [1.82, 2.24) is 9.97 Å². The number of fused-ring (bicyclic) bond motifs is 1. The zero-order valence-corrected chi connectivity index (χ0v) is 10.3. The molecule has 1 heterocycles. The maximum absolute atomic E-state index is 11.8. The van der Waals surface area contributed by atoms with Crippen LogP contribution in [0, 0.1) is 0 Å². The second-order valence-corrected chi connectivity index (χ2v) is 4.89. The van der Waals surface area contributed by atoms with E-state index < -0.39 is 0 Å². The number of aromatic amines is 1. The predicted octanol–water partition coefficient (Wildman–Crippen LogP) is 2.32. The van der Waals surface area contributed by atoms with E-state index in [2.05, 4.69) is 16.0 Å². The fraction of sp³-hybridized carbons (Fsp3) is 0.500. The minimum absolute atomic E-state index is 0.0627. The number of nitrogens with one attached hydrogen (secondary N) is 1. The molecule has 0 unspecified atom stereocenters. The summed E-state index contributed by atoms with van der Waals surface area (Å²) in [5, 5.41) is 0.753. The molecule has 0 amide bonds. The van der Waals surface area contributed by atoms with E-state index in [1.807, 2.05) is 13.0 Å². The van der Waals surface area contributed by atoms with Gasteiger partial charge in [0.1, 0.15) is 0 Å². The van der Waals surface area contributed by atoms with Crippen molar-refractivity contribution in [3.05, 3.63) is 33.8 Å². The molecule has 1 aromatic rings. The van der Waals surface area contributed by atoms with E-state index in [0.29, 0.717) is 0 Å². The zero-order chi connectivity index (χ0) is 11.4. The van der Waals surface area contributed by atoms with Gasteiger partial charge in [-0.1, -0.05) is 23.9 Å². The average molecular weight is 236 g/mol. The molecule has 1 aliphatic rings. The molecule has 16 heavy (non-hydrogen) atoms. The third kappa shape index (κ3) is 2.55. The van der Waals surface area contributed by atoms with Crippen molar-refractivity contribution in [3.8, 4) is 0 Å². The number of H-pyrrole nitrogens is 1. The number of allylic oxidation sites excluding steroid dienone is 1. The summed E-state index contributed by atoms with van der Waals surface area (Å²) in [6.45, 7) is 1.99. The van der Waals surface area contributed by atoms with Gasteiger partial charge in [-0.3, -0.25) is 4.79 Å². The molecule has 0 fully saturated rings. The smallest absolute Gasteiger partial charge is 0.254 e. The summed E-state index contributed by atoms with van der Waals surface area (Å²) in [6.07, 6.45) is 8.17. The summed E-state index contributed by atoms with van der Waals surface area (Å²) in [7, 11) is 0. The lowest BCUT2D eigenvalue weighted by atomic mass is 9.97. The molecule has 0 atom stereocenters. The quantitative estimate of drug-likeness (QED) is 0.497. The Hall–Kier alpha value is -1.03. The molecule has 0 bridgehead atoms. The van der Waals surface area contributed by atoms with Gasteiger partial charge in [0.2, 0.25) is 0 Å². The Morgan fingerprint density at radius 3 is 3.06 bits per heavy atom. The molecule has 86 valence electrons. The molecule has 0 spiro atoms. The summed E-state index contributed by atoms with van der Waals surface area (Å²) >= 11 is 1.58. The van der Waals surface area contributed by atoms with Gasteiger partial charge >= 0.3 is 0 Å². The summed E-state index contributed by atoms with van der Waals surface area (Å²) < 4.78 is 0. The van der Waals surface area contributed by atoms with Gasteiger partial charge < -0.3 is 4.98 Å². The van der Waals surface area contributed by atoms with Crippen LogP contribution in [0.1, 0.15) is 31.0 Å². The minimum atomic E-state index is 0.0627. The molecular weight excluding hydrogens is 220 g/mol.